The second kappa shape index (κ2) is 5.72. The first-order valence-electron chi connectivity index (χ1n) is 6.79. The Bertz CT molecular complexity index is 371. The molecule has 0 radical (unpaired) electrons. The van der Waals surface area contributed by atoms with Crippen LogP contribution in [0.5, 0.6) is 0 Å². The average molecular weight is 248 g/mol. The van der Waals surface area contributed by atoms with Gasteiger partial charge in [0.25, 0.3) is 0 Å². The number of nitrogens with one attached hydrogen (secondary N) is 1. The van der Waals surface area contributed by atoms with Crippen molar-refractivity contribution in [1.82, 2.24) is 5.32 Å². The van der Waals surface area contributed by atoms with Gasteiger partial charge in [-0.15, -0.1) is 0 Å². The SMILES string of the molecule is CCN(CCOC1(C)CNC1)c1ccc(C)cc1. The van der Waals surface area contributed by atoms with Gasteiger partial charge in [0.15, 0.2) is 0 Å². The number of aryl methyl sites for hydroxylation is 1. The van der Waals surface area contributed by atoms with Crippen molar-refractivity contribution in [3.63, 3.8) is 0 Å². The van der Waals surface area contributed by atoms with Crippen molar-refractivity contribution in [2.45, 2.75) is 26.4 Å². The third kappa shape index (κ3) is 3.24. The van der Waals surface area contributed by atoms with Gasteiger partial charge in [0, 0.05) is 31.9 Å². The third-order valence-electron chi connectivity index (χ3n) is 3.59. The van der Waals surface area contributed by atoms with E-state index in [2.05, 4.69) is 55.3 Å². The highest BCUT2D eigenvalue weighted by atomic mass is 16.5. The molecule has 3 heteroatoms. The van der Waals surface area contributed by atoms with Gasteiger partial charge in [-0.2, -0.15) is 0 Å². The van der Waals surface area contributed by atoms with Gasteiger partial charge in [0.1, 0.15) is 0 Å². The minimum atomic E-state index is 0.0622. The van der Waals surface area contributed by atoms with Crippen LogP contribution in [-0.2, 0) is 4.74 Å². The molecule has 0 aromatic heterocycles. The van der Waals surface area contributed by atoms with E-state index in [-0.39, 0.29) is 5.60 Å². The molecule has 1 saturated heterocycles. The molecule has 0 bridgehead atoms. The maximum Gasteiger partial charge on any atom is 0.0902 e. The number of ether oxygens (including phenoxy) is 1. The van der Waals surface area contributed by atoms with Crippen LogP contribution in [0.2, 0.25) is 0 Å². The van der Waals surface area contributed by atoms with Crippen molar-refractivity contribution in [2.75, 3.05) is 37.7 Å². The Morgan fingerprint density at radius 1 is 1.28 bits per heavy atom. The first-order valence-corrected chi connectivity index (χ1v) is 6.79. The number of benzene rings is 1. The largest absolute Gasteiger partial charge is 0.371 e. The van der Waals surface area contributed by atoms with E-state index < -0.39 is 0 Å². The second-order valence-electron chi connectivity index (χ2n) is 5.32. The van der Waals surface area contributed by atoms with E-state index in [0.717, 1.165) is 32.8 Å². The number of hydrogen-bond donors (Lipinski definition) is 1. The van der Waals surface area contributed by atoms with E-state index >= 15 is 0 Å². The normalized spacial score (nSPS) is 17.3. The van der Waals surface area contributed by atoms with Crippen molar-refractivity contribution in [3.05, 3.63) is 29.8 Å². The van der Waals surface area contributed by atoms with Crippen LogP contribution in [0.1, 0.15) is 19.4 Å². The third-order valence-corrected chi connectivity index (χ3v) is 3.59. The van der Waals surface area contributed by atoms with Gasteiger partial charge in [0.2, 0.25) is 0 Å². The van der Waals surface area contributed by atoms with Gasteiger partial charge in [-0.1, -0.05) is 17.7 Å². The molecule has 3 nitrogen and oxygen atoms in total. The molecule has 0 spiro atoms. The lowest BCUT2D eigenvalue weighted by Crippen LogP contribution is -2.59. The number of rotatable bonds is 6. The lowest BCUT2D eigenvalue weighted by Gasteiger charge is -2.39. The second-order valence-corrected chi connectivity index (χ2v) is 5.32. The van der Waals surface area contributed by atoms with E-state index in [9.17, 15) is 0 Å². The minimum absolute atomic E-state index is 0.0622. The molecule has 0 unspecified atom stereocenters. The van der Waals surface area contributed by atoms with Crippen LogP contribution >= 0.6 is 0 Å². The van der Waals surface area contributed by atoms with Crippen LogP contribution in [0.3, 0.4) is 0 Å². The molecular formula is C15H24N2O. The Balaban J connectivity index is 1.83. The zero-order chi connectivity index (χ0) is 13.0. The Labute approximate surface area is 110 Å². The van der Waals surface area contributed by atoms with E-state index in [1.165, 1.54) is 11.3 Å². The highest BCUT2D eigenvalue weighted by Gasteiger charge is 2.32. The molecule has 1 N–H and O–H groups in total. The molecule has 100 valence electrons. The topological polar surface area (TPSA) is 24.5 Å². The zero-order valence-electron chi connectivity index (χ0n) is 11.7. The Morgan fingerprint density at radius 2 is 1.94 bits per heavy atom. The van der Waals surface area contributed by atoms with Gasteiger partial charge in [-0.05, 0) is 32.9 Å². The van der Waals surface area contributed by atoms with E-state index in [1.807, 2.05) is 0 Å². The summed E-state index contributed by atoms with van der Waals surface area (Å²) in [6.07, 6.45) is 0. The summed E-state index contributed by atoms with van der Waals surface area (Å²) in [7, 11) is 0. The molecule has 18 heavy (non-hydrogen) atoms. The molecular weight excluding hydrogens is 224 g/mol. The maximum absolute atomic E-state index is 5.94. The molecule has 1 aromatic carbocycles. The lowest BCUT2D eigenvalue weighted by atomic mass is 10.0. The smallest absolute Gasteiger partial charge is 0.0902 e. The minimum Gasteiger partial charge on any atom is -0.371 e. The highest BCUT2D eigenvalue weighted by molar-refractivity contribution is 5.47. The summed E-state index contributed by atoms with van der Waals surface area (Å²) in [4.78, 5) is 2.36. The summed E-state index contributed by atoms with van der Waals surface area (Å²) in [5.41, 5.74) is 2.65. The molecule has 1 aliphatic heterocycles. The summed E-state index contributed by atoms with van der Waals surface area (Å²) in [6, 6.07) is 8.70. The standard InChI is InChI=1S/C15H24N2O/c1-4-17(14-7-5-13(2)6-8-14)9-10-18-15(3)11-16-12-15/h5-8,16H,4,9-12H2,1-3H3. The summed E-state index contributed by atoms with van der Waals surface area (Å²) >= 11 is 0. The van der Waals surface area contributed by atoms with Crippen molar-refractivity contribution >= 4 is 5.69 Å². The van der Waals surface area contributed by atoms with Gasteiger partial charge >= 0.3 is 0 Å². The first-order chi connectivity index (χ1) is 8.63. The van der Waals surface area contributed by atoms with Crippen molar-refractivity contribution in [2.24, 2.45) is 0 Å². The fourth-order valence-corrected chi connectivity index (χ4v) is 2.21. The van der Waals surface area contributed by atoms with Crippen LogP contribution in [0.25, 0.3) is 0 Å². The lowest BCUT2D eigenvalue weighted by molar-refractivity contribution is -0.0633. The molecule has 1 fully saturated rings. The van der Waals surface area contributed by atoms with Crippen LogP contribution in [0.4, 0.5) is 5.69 Å². The molecule has 1 aromatic rings. The number of nitrogens with zero attached hydrogens (tertiary/aromatic N) is 1. The van der Waals surface area contributed by atoms with Gasteiger partial charge in [0.05, 0.1) is 12.2 Å². The maximum atomic E-state index is 5.94. The number of hydrogen-bond acceptors (Lipinski definition) is 3. The van der Waals surface area contributed by atoms with E-state index in [0.29, 0.717) is 0 Å². The summed E-state index contributed by atoms with van der Waals surface area (Å²) in [5.74, 6) is 0. The Kier molecular flexibility index (Phi) is 4.25. The van der Waals surface area contributed by atoms with E-state index in [4.69, 9.17) is 4.74 Å². The molecule has 0 amide bonds. The van der Waals surface area contributed by atoms with E-state index in [1.54, 1.807) is 0 Å². The zero-order valence-corrected chi connectivity index (χ0v) is 11.7. The predicted octanol–water partition coefficient (Wildman–Crippen LogP) is 2.20. The predicted molar refractivity (Wildman–Crippen MR) is 76.3 cm³/mol. The monoisotopic (exact) mass is 248 g/mol. The van der Waals surface area contributed by atoms with Crippen LogP contribution < -0.4 is 10.2 Å². The summed E-state index contributed by atoms with van der Waals surface area (Å²) in [5, 5.41) is 3.25. The Hall–Kier alpha value is -1.06. The molecule has 1 heterocycles. The van der Waals surface area contributed by atoms with Crippen LogP contribution in [0, 0.1) is 6.92 Å². The molecule has 2 rings (SSSR count). The van der Waals surface area contributed by atoms with Crippen molar-refractivity contribution in [3.8, 4) is 0 Å². The summed E-state index contributed by atoms with van der Waals surface area (Å²) < 4.78 is 5.94. The van der Waals surface area contributed by atoms with Crippen LogP contribution in [0.15, 0.2) is 24.3 Å². The van der Waals surface area contributed by atoms with Gasteiger partial charge < -0.3 is 15.0 Å². The Morgan fingerprint density at radius 3 is 2.44 bits per heavy atom. The van der Waals surface area contributed by atoms with Crippen LogP contribution in [-0.4, -0.2) is 38.4 Å². The molecule has 0 saturated carbocycles. The van der Waals surface area contributed by atoms with Gasteiger partial charge in [-0.25, -0.2) is 0 Å². The average Bonchev–Trinajstić information content (AvgIpc) is 2.34. The fraction of sp³-hybridized carbons (Fsp3) is 0.600. The number of anilines is 1. The molecule has 1 aliphatic rings. The number of likely N-dealkylation sites (N-methyl/N-ethyl adjacent to an activating group) is 1. The quantitative estimate of drug-likeness (QED) is 0.835. The van der Waals surface area contributed by atoms with Crippen molar-refractivity contribution in [1.29, 1.82) is 0 Å². The van der Waals surface area contributed by atoms with Gasteiger partial charge in [-0.3, -0.25) is 0 Å². The summed E-state index contributed by atoms with van der Waals surface area (Å²) in [6.45, 7) is 11.2. The van der Waals surface area contributed by atoms with Crippen molar-refractivity contribution < 1.29 is 4.74 Å². The highest BCUT2D eigenvalue weighted by Crippen LogP contribution is 2.17. The fourth-order valence-electron chi connectivity index (χ4n) is 2.21. The molecule has 0 atom stereocenters. The molecule has 0 aliphatic carbocycles. The first kappa shape index (κ1) is 13.4.